The van der Waals surface area contributed by atoms with Gasteiger partial charge in [-0.1, -0.05) is 70.5 Å². The van der Waals surface area contributed by atoms with Crippen LogP contribution in [0.4, 0.5) is 0 Å². The summed E-state index contributed by atoms with van der Waals surface area (Å²) < 4.78 is 3.40. The van der Waals surface area contributed by atoms with Crippen LogP contribution in [-0.2, 0) is 0 Å². The largest absolute Gasteiger partial charge is 0.314 e. The number of benzene rings is 3. The van der Waals surface area contributed by atoms with Crippen LogP contribution in [0.15, 0.2) is 95.5 Å². The standard InChI is InChI=1S/C23H18BrN/c1-17-7-16-23(20-8-12-21(24)13-9-20)25(17)22-14-10-19(11-15-22)18-5-3-2-4-6-18/h2-16H,1H3. The van der Waals surface area contributed by atoms with Gasteiger partial charge in [-0.2, -0.15) is 0 Å². The number of hydrogen-bond donors (Lipinski definition) is 0. The molecule has 1 aromatic heterocycles. The van der Waals surface area contributed by atoms with Gasteiger partial charge < -0.3 is 4.57 Å². The fraction of sp³-hybridized carbons (Fsp3) is 0.0435. The summed E-state index contributed by atoms with van der Waals surface area (Å²) in [5, 5.41) is 0. The second kappa shape index (κ2) is 6.73. The summed E-state index contributed by atoms with van der Waals surface area (Å²) in [5.74, 6) is 0. The molecule has 0 aliphatic heterocycles. The van der Waals surface area contributed by atoms with E-state index in [0.717, 1.165) is 4.47 Å². The van der Waals surface area contributed by atoms with Crippen molar-refractivity contribution in [1.82, 2.24) is 4.57 Å². The monoisotopic (exact) mass is 387 g/mol. The lowest BCUT2D eigenvalue weighted by Gasteiger charge is -2.13. The van der Waals surface area contributed by atoms with Gasteiger partial charge in [0, 0.05) is 15.9 Å². The molecule has 4 rings (SSSR count). The van der Waals surface area contributed by atoms with E-state index >= 15 is 0 Å². The summed E-state index contributed by atoms with van der Waals surface area (Å²) >= 11 is 3.51. The Balaban J connectivity index is 1.75. The second-order valence-corrected chi connectivity index (χ2v) is 7.03. The quantitative estimate of drug-likeness (QED) is 0.360. The maximum atomic E-state index is 3.51. The molecular formula is C23H18BrN. The summed E-state index contributed by atoms with van der Waals surface area (Å²) in [6, 6.07) is 32.1. The number of aromatic nitrogens is 1. The minimum Gasteiger partial charge on any atom is -0.314 e. The Morgan fingerprint density at radius 2 is 1.20 bits per heavy atom. The molecule has 0 spiro atoms. The van der Waals surface area contributed by atoms with E-state index in [1.54, 1.807) is 0 Å². The number of halogens is 1. The maximum Gasteiger partial charge on any atom is 0.0531 e. The Labute approximate surface area is 156 Å². The minimum atomic E-state index is 1.10. The number of nitrogens with zero attached hydrogens (tertiary/aromatic N) is 1. The molecular weight excluding hydrogens is 370 g/mol. The van der Waals surface area contributed by atoms with Gasteiger partial charge in [0.1, 0.15) is 0 Å². The van der Waals surface area contributed by atoms with Crippen LogP contribution >= 0.6 is 15.9 Å². The van der Waals surface area contributed by atoms with Crippen LogP contribution in [0.2, 0.25) is 0 Å². The Bertz CT molecular complexity index is 981. The minimum absolute atomic E-state index is 1.10. The zero-order valence-electron chi connectivity index (χ0n) is 14.0. The molecule has 0 radical (unpaired) electrons. The molecule has 0 fully saturated rings. The molecule has 0 saturated carbocycles. The van der Waals surface area contributed by atoms with Crippen molar-refractivity contribution in [2.75, 3.05) is 0 Å². The van der Waals surface area contributed by atoms with E-state index in [-0.39, 0.29) is 0 Å². The Hall–Kier alpha value is -2.58. The molecule has 0 saturated heterocycles. The van der Waals surface area contributed by atoms with Crippen LogP contribution in [0.25, 0.3) is 28.1 Å². The summed E-state index contributed by atoms with van der Waals surface area (Å²) in [6.45, 7) is 2.15. The molecule has 1 heterocycles. The smallest absolute Gasteiger partial charge is 0.0531 e. The van der Waals surface area contributed by atoms with Gasteiger partial charge in [0.15, 0.2) is 0 Å². The Morgan fingerprint density at radius 1 is 0.600 bits per heavy atom. The molecule has 25 heavy (non-hydrogen) atoms. The predicted molar refractivity (Wildman–Crippen MR) is 109 cm³/mol. The van der Waals surface area contributed by atoms with Gasteiger partial charge in [0.25, 0.3) is 0 Å². The van der Waals surface area contributed by atoms with Crippen molar-refractivity contribution in [2.24, 2.45) is 0 Å². The molecule has 0 bridgehead atoms. The zero-order chi connectivity index (χ0) is 17.2. The summed E-state index contributed by atoms with van der Waals surface area (Å²) in [6.07, 6.45) is 0. The van der Waals surface area contributed by atoms with Crippen molar-refractivity contribution in [3.05, 3.63) is 101 Å². The van der Waals surface area contributed by atoms with Crippen molar-refractivity contribution in [2.45, 2.75) is 6.92 Å². The highest BCUT2D eigenvalue weighted by Gasteiger charge is 2.09. The number of hydrogen-bond acceptors (Lipinski definition) is 0. The van der Waals surface area contributed by atoms with Crippen molar-refractivity contribution < 1.29 is 0 Å². The average Bonchev–Trinajstić information content (AvgIpc) is 3.05. The first-order chi connectivity index (χ1) is 12.2. The lowest BCUT2D eigenvalue weighted by atomic mass is 10.1. The molecule has 0 atom stereocenters. The first-order valence-corrected chi connectivity index (χ1v) is 9.12. The molecule has 0 unspecified atom stereocenters. The number of rotatable bonds is 3. The van der Waals surface area contributed by atoms with E-state index in [9.17, 15) is 0 Å². The predicted octanol–water partition coefficient (Wildman–Crippen LogP) is 6.88. The molecule has 3 aromatic carbocycles. The fourth-order valence-electron chi connectivity index (χ4n) is 3.16. The van der Waals surface area contributed by atoms with Gasteiger partial charge >= 0.3 is 0 Å². The van der Waals surface area contributed by atoms with Crippen LogP contribution < -0.4 is 0 Å². The van der Waals surface area contributed by atoms with Crippen LogP contribution in [0.1, 0.15) is 5.69 Å². The first-order valence-electron chi connectivity index (χ1n) is 8.32. The van der Waals surface area contributed by atoms with E-state index in [2.05, 4.69) is 112 Å². The van der Waals surface area contributed by atoms with E-state index in [4.69, 9.17) is 0 Å². The second-order valence-electron chi connectivity index (χ2n) is 6.12. The van der Waals surface area contributed by atoms with Gasteiger partial charge in [-0.25, -0.2) is 0 Å². The SMILES string of the molecule is Cc1ccc(-c2ccc(Br)cc2)n1-c1ccc(-c2ccccc2)cc1. The molecule has 1 nitrogen and oxygen atoms in total. The average molecular weight is 388 g/mol. The lowest BCUT2D eigenvalue weighted by Crippen LogP contribution is -1.98. The van der Waals surface area contributed by atoms with Crippen molar-refractivity contribution in [3.8, 4) is 28.1 Å². The Kier molecular flexibility index (Phi) is 4.29. The third-order valence-electron chi connectivity index (χ3n) is 4.45. The van der Waals surface area contributed by atoms with Crippen LogP contribution in [0.5, 0.6) is 0 Å². The molecule has 0 amide bonds. The van der Waals surface area contributed by atoms with Gasteiger partial charge in [-0.05, 0) is 60.0 Å². The highest BCUT2D eigenvalue weighted by molar-refractivity contribution is 9.10. The third-order valence-corrected chi connectivity index (χ3v) is 4.98. The maximum absolute atomic E-state index is 3.51. The summed E-state index contributed by atoms with van der Waals surface area (Å²) in [7, 11) is 0. The molecule has 0 aliphatic carbocycles. The van der Waals surface area contributed by atoms with E-state index < -0.39 is 0 Å². The van der Waals surface area contributed by atoms with E-state index in [0.29, 0.717) is 0 Å². The first kappa shape index (κ1) is 15.9. The third kappa shape index (κ3) is 3.18. The fourth-order valence-corrected chi connectivity index (χ4v) is 3.43. The van der Waals surface area contributed by atoms with Gasteiger partial charge in [0.05, 0.1) is 5.69 Å². The van der Waals surface area contributed by atoms with Crippen LogP contribution in [-0.4, -0.2) is 4.57 Å². The highest BCUT2D eigenvalue weighted by Crippen LogP contribution is 2.29. The van der Waals surface area contributed by atoms with Crippen molar-refractivity contribution in [1.29, 1.82) is 0 Å². The topological polar surface area (TPSA) is 4.93 Å². The van der Waals surface area contributed by atoms with E-state index in [1.807, 2.05) is 6.07 Å². The molecule has 0 aliphatic rings. The van der Waals surface area contributed by atoms with Crippen molar-refractivity contribution in [3.63, 3.8) is 0 Å². The molecule has 122 valence electrons. The molecule has 2 heteroatoms. The van der Waals surface area contributed by atoms with Crippen LogP contribution in [0, 0.1) is 6.92 Å². The van der Waals surface area contributed by atoms with Gasteiger partial charge in [-0.15, -0.1) is 0 Å². The molecule has 0 N–H and O–H groups in total. The van der Waals surface area contributed by atoms with Crippen molar-refractivity contribution >= 4 is 15.9 Å². The van der Waals surface area contributed by atoms with Crippen LogP contribution in [0.3, 0.4) is 0 Å². The number of aryl methyl sites for hydroxylation is 1. The van der Waals surface area contributed by atoms with E-state index in [1.165, 1.54) is 33.8 Å². The molecule has 4 aromatic rings. The summed E-state index contributed by atoms with van der Waals surface area (Å²) in [5.41, 5.74) is 7.30. The normalized spacial score (nSPS) is 10.8. The lowest BCUT2D eigenvalue weighted by molar-refractivity contribution is 1.02. The zero-order valence-corrected chi connectivity index (χ0v) is 15.6. The van der Waals surface area contributed by atoms with Gasteiger partial charge in [0.2, 0.25) is 0 Å². The van der Waals surface area contributed by atoms with Gasteiger partial charge in [-0.3, -0.25) is 0 Å². The highest BCUT2D eigenvalue weighted by atomic mass is 79.9. The summed E-state index contributed by atoms with van der Waals surface area (Å²) in [4.78, 5) is 0. The Morgan fingerprint density at radius 3 is 1.88 bits per heavy atom.